The number of aliphatic carboxylic acids is 1. The Bertz CT molecular complexity index is 908. The molecule has 1 heterocycles. The van der Waals surface area contributed by atoms with Crippen LogP contribution in [0.3, 0.4) is 0 Å². The first kappa shape index (κ1) is 15.5. The number of aryl methyl sites for hydroxylation is 1. The maximum Gasteiger partial charge on any atom is 0.303 e. The molecule has 0 atom stereocenters. The maximum absolute atomic E-state index is 10.8. The summed E-state index contributed by atoms with van der Waals surface area (Å²) in [5, 5.41) is 17.9. The first-order chi connectivity index (χ1) is 11.7. The van der Waals surface area contributed by atoms with E-state index in [9.17, 15) is 4.79 Å². The van der Waals surface area contributed by atoms with Crippen LogP contribution in [0, 0.1) is 11.3 Å². The highest BCUT2D eigenvalue weighted by Crippen LogP contribution is 2.33. The van der Waals surface area contributed by atoms with E-state index in [0.717, 1.165) is 11.1 Å². The summed E-state index contributed by atoms with van der Waals surface area (Å²) >= 11 is 0. The molecule has 0 saturated carbocycles. The predicted octanol–water partition coefficient (Wildman–Crippen LogP) is 3.90. The molecule has 0 bridgehead atoms. The molecule has 0 aliphatic heterocycles. The van der Waals surface area contributed by atoms with E-state index in [1.165, 1.54) is 0 Å². The van der Waals surface area contributed by atoms with Gasteiger partial charge in [0.25, 0.3) is 0 Å². The van der Waals surface area contributed by atoms with Gasteiger partial charge in [0.1, 0.15) is 5.69 Å². The number of carboxylic acid groups (broad SMARTS) is 1. The fraction of sp³-hybridized carbons (Fsp3) is 0.105. The number of nitrogens with zero attached hydrogens (tertiary/aromatic N) is 2. The SMILES string of the molecule is N#Cc1cccc(-c2nc(CCC(=O)O)oc2-c2ccccc2)c1. The zero-order valence-corrected chi connectivity index (χ0v) is 12.8. The fourth-order valence-electron chi connectivity index (χ4n) is 2.40. The molecule has 24 heavy (non-hydrogen) atoms. The number of benzene rings is 2. The Morgan fingerprint density at radius 3 is 2.58 bits per heavy atom. The molecule has 3 rings (SSSR count). The van der Waals surface area contributed by atoms with E-state index in [4.69, 9.17) is 14.8 Å². The molecule has 0 amide bonds. The van der Waals surface area contributed by atoms with Crippen molar-refractivity contribution in [2.24, 2.45) is 0 Å². The van der Waals surface area contributed by atoms with Gasteiger partial charge < -0.3 is 9.52 Å². The van der Waals surface area contributed by atoms with Gasteiger partial charge in [-0.2, -0.15) is 5.26 Å². The van der Waals surface area contributed by atoms with E-state index in [1.54, 1.807) is 18.2 Å². The van der Waals surface area contributed by atoms with Crippen molar-refractivity contribution in [2.45, 2.75) is 12.8 Å². The normalized spacial score (nSPS) is 10.3. The lowest BCUT2D eigenvalue weighted by Crippen LogP contribution is -1.97. The molecule has 5 heteroatoms. The molecule has 0 spiro atoms. The van der Waals surface area contributed by atoms with Crippen LogP contribution in [0.5, 0.6) is 0 Å². The molecule has 3 aromatic rings. The molecule has 118 valence electrons. The van der Waals surface area contributed by atoms with Gasteiger partial charge in [-0.05, 0) is 12.1 Å². The highest BCUT2D eigenvalue weighted by molar-refractivity contribution is 5.77. The summed E-state index contributed by atoms with van der Waals surface area (Å²) in [7, 11) is 0. The minimum Gasteiger partial charge on any atom is -0.481 e. The molecule has 0 saturated heterocycles. The van der Waals surface area contributed by atoms with Gasteiger partial charge in [-0.3, -0.25) is 4.79 Å². The molecule has 5 nitrogen and oxygen atoms in total. The average Bonchev–Trinajstić information content (AvgIpc) is 3.05. The standard InChI is InChI=1S/C19H14N2O3/c20-12-13-5-4-8-15(11-13)18-19(14-6-2-1-3-7-14)24-16(21-18)9-10-17(22)23/h1-8,11H,9-10H2,(H,22,23). The fourth-order valence-corrected chi connectivity index (χ4v) is 2.40. The van der Waals surface area contributed by atoms with Crippen molar-refractivity contribution < 1.29 is 14.3 Å². The highest BCUT2D eigenvalue weighted by Gasteiger charge is 2.17. The van der Waals surface area contributed by atoms with E-state index >= 15 is 0 Å². The van der Waals surface area contributed by atoms with Gasteiger partial charge in [0, 0.05) is 17.5 Å². The number of rotatable bonds is 5. The Morgan fingerprint density at radius 1 is 1.12 bits per heavy atom. The highest BCUT2D eigenvalue weighted by atomic mass is 16.4. The number of carboxylic acids is 1. The van der Waals surface area contributed by atoms with Crippen LogP contribution in [0.25, 0.3) is 22.6 Å². The molecule has 0 radical (unpaired) electrons. The topological polar surface area (TPSA) is 87.1 Å². The van der Waals surface area contributed by atoms with E-state index in [-0.39, 0.29) is 12.8 Å². The van der Waals surface area contributed by atoms with E-state index in [2.05, 4.69) is 11.1 Å². The van der Waals surface area contributed by atoms with Crippen molar-refractivity contribution in [1.29, 1.82) is 5.26 Å². The van der Waals surface area contributed by atoms with Gasteiger partial charge in [0.2, 0.25) is 0 Å². The lowest BCUT2D eigenvalue weighted by atomic mass is 10.0. The van der Waals surface area contributed by atoms with Gasteiger partial charge in [-0.15, -0.1) is 0 Å². The van der Waals surface area contributed by atoms with E-state index in [0.29, 0.717) is 22.9 Å². The minimum atomic E-state index is -0.900. The Kier molecular flexibility index (Phi) is 4.39. The van der Waals surface area contributed by atoms with Gasteiger partial charge in [0.05, 0.1) is 18.1 Å². The summed E-state index contributed by atoms with van der Waals surface area (Å²) in [6.07, 6.45) is 0.166. The van der Waals surface area contributed by atoms with Crippen LogP contribution in [-0.4, -0.2) is 16.1 Å². The predicted molar refractivity (Wildman–Crippen MR) is 88.0 cm³/mol. The number of hydrogen-bond acceptors (Lipinski definition) is 4. The monoisotopic (exact) mass is 318 g/mol. The third-order valence-electron chi connectivity index (χ3n) is 3.53. The van der Waals surface area contributed by atoms with Crippen molar-refractivity contribution in [3.05, 3.63) is 66.1 Å². The second-order valence-corrected chi connectivity index (χ2v) is 5.24. The van der Waals surface area contributed by atoms with E-state index < -0.39 is 5.97 Å². The molecule has 0 aliphatic carbocycles. The van der Waals surface area contributed by atoms with Crippen molar-refractivity contribution in [1.82, 2.24) is 4.98 Å². The largest absolute Gasteiger partial charge is 0.481 e. The number of carbonyl (C=O) groups is 1. The molecular weight excluding hydrogens is 304 g/mol. The van der Waals surface area contributed by atoms with Gasteiger partial charge in [0.15, 0.2) is 11.7 Å². The van der Waals surface area contributed by atoms with Crippen LogP contribution in [0.2, 0.25) is 0 Å². The Morgan fingerprint density at radius 2 is 1.88 bits per heavy atom. The van der Waals surface area contributed by atoms with Crippen LogP contribution in [0.15, 0.2) is 59.0 Å². The quantitative estimate of drug-likeness (QED) is 0.771. The number of hydrogen-bond donors (Lipinski definition) is 1. The molecule has 0 unspecified atom stereocenters. The zero-order chi connectivity index (χ0) is 16.9. The minimum absolute atomic E-state index is 0.0492. The molecule has 2 aromatic carbocycles. The lowest BCUT2D eigenvalue weighted by molar-refractivity contribution is -0.137. The number of aromatic nitrogens is 1. The van der Waals surface area contributed by atoms with Gasteiger partial charge in [-0.1, -0.05) is 42.5 Å². The average molecular weight is 318 g/mol. The second-order valence-electron chi connectivity index (χ2n) is 5.24. The smallest absolute Gasteiger partial charge is 0.303 e. The Labute approximate surface area is 138 Å². The zero-order valence-electron chi connectivity index (χ0n) is 12.8. The Hall–Kier alpha value is -3.39. The van der Waals surface area contributed by atoms with Crippen molar-refractivity contribution in [2.75, 3.05) is 0 Å². The summed E-state index contributed by atoms with van der Waals surface area (Å²) in [6.45, 7) is 0. The van der Waals surface area contributed by atoms with Gasteiger partial charge in [-0.25, -0.2) is 4.98 Å². The van der Waals surface area contributed by atoms with Gasteiger partial charge >= 0.3 is 5.97 Å². The number of oxazole rings is 1. The molecule has 1 N–H and O–H groups in total. The van der Waals surface area contributed by atoms with Crippen LogP contribution in [0.4, 0.5) is 0 Å². The summed E-state index contributed by atoms with van der Waals surface area (Å²) in [5.74, 6) is 0.0437. The van der Waals surface area contributed by atoms with Crippen molar-refractivity contribution in [3.63, 3.8) is 0 Å². The van der Waals surface area contributed by atoms with Crippen LogP contribution in [-0.2, 0) is 11.2 Å². The molecule has 0 fully saturated rings. The summed E-state index contributed by atoms with van der Waals surface area (Å²) in [6, 6.07) is 18.7. The van der Waals surface area contributed by atoms with Crippen LogP contribution in [0.1, 0.15) is 17.9 Å². The van der Waals surface area contributed by atoms with Crippen LogP contribution >= 0.6 is 0 Å². The van der Waals surface area contributed by atoms with Crippen LogP contribution < -0.4 is 0 Å². The summed E-state index contributed by atoms with van der Waals surface area (Å²) in [4.78, 5) is 15.2. The molecular formula is C19H14N2O3. The first-order valence-corrected chi connectivity index (χ1v) is 7.45. The maximum atomic E-state index is 10.8. The Balaban J connectivity index is 2.08. The second kappa shape index (κ2) is 6.80. The number of nitriles is 1. The van der Waals surface area contributed by atoms with Crippen molar-refractivity contribution in [3.8, 4) is 28.7 Å². The lowest BCUT2D eigenvalue weighted by Gasteiger charge is -2.01. The molecule has 0 aliphatic rings. The first-order valence-electron chi connectivity index (χ1n) is 7.45. The molecule has 1 aromatic heterocycles. The van der Waals surface area contributed by atoms with E-state index in [1.807, 2.05) is 36.4 Å². The third-order valence-corrected chi connectivity index (χ3v) is 3.53. The third kappa shape index (κ3) is 3.33. The van der Waals surface area contributed by atoms with Crippen molar-refractivity contribution >= 4 is 5.97 Å². The summed E-state index contributed by atoms with van der Waals surface area (Å²) < 4.78 is 5.82. The summed E-state index contributed by atoms with van der Waals surface area (Å²) in [5.41, 5.74) is 2.75.